The summed E-state index contributed by atoms with van der Waals surface area (Å²) in [4.78, 5) is 12.7. The number of benzene rings is 2. The Morgan fingerprint density at radius 2 is 1.52 bits per heavy atom. The van der Waals surface area contributed by atoms with E-state index in [0.717, 1.165) is 10.0 Å². The molecular weight excluding hydrogens is 406 g/mol. The Bertz CT molecular complexity index is 853. The van der Waals surface area contributed by atoms with E-state index in [1.54, 1.807) is 57.2 Å². The quantitative estimate of drug-likeness (QED) is 0.701. The van der Waals surface area contributed by atoms with Crippen molar-refractivity contribution in [3.8, 4) is 0 Å². The van der Waals surface area contributed by atoms with Gasteiger partial charge in [0.2, 0.25) is 0 Å². The van der Waals surface area contributed by atoms with Gasteiger partial charge in [0.15, 0.2) is 0 Å². The van der Waals surface area contributed by atoms with Crippen LogP contribution in [-0.2, 0) is 14.8 Å². The number of hydrogen-bond acceptors (Lipinski definition) is 4. The first-order valence-corrected chi connectivity index (χ1v) is 9.84. The summed E-state index contributed by atoms with van der Waals surface area (Å²) in [7, 11) is -4.11. The SMILES string of the molecule is Cc1ccc(S(=O)(=O)N(C(=O)OC(C)(C)C)c2ccc(Br)cc2)cc1. The van der Waals surface area contributed by atoms with E-state index >= 15 is 0 Å². The lowest BCUT2D eigenvalue weighted by molar-refractivity contribution is 0.0609. The maximum absolute atomic E-state index is 13.1. The summed E-state index contributed by atoms with van der Waals surface area (Å²) in [6.07, 6.45) is -0.949. The smallest absolute Gasteiger partial charge is 0.429 e. The van der Waals surface area contributed by atoms with Gasteiger partial charge in [0, 0.05) is 4.47 Å². The summed E-state index contributed by atoms with van der Waals surface area (Å²) in [6.45, 7) is 6.91. The standard InChI is InChI=1S/C18H20BrNO4S/c1-13-5-11-16(12-6-13)25(22,23)20(17(21)24-18(2,3)4)15-9-7-14(19)8-10-15/h5-12H,1-4H3. The van der Waals surface area contributed by atoms with Crippen LogP contribution >= 0.6 is 15.9 Å². The molecule has 7 heteroatoms. The van der Waals surface area contributed by atoms with E-state index in [1.165, 1.54) is 12.1 Å². The molecule has 0 aliphatic heterocycles. The third-order valence-electron chi connectivity index (χ3n) is 3.18. The monoisotopic (exact) mass is 425 g/mol. The molecule has 0 atom stereocenters. The Kier molecular flexibility index (Phi) is 5.58. The van der Waals surface area contributed by atoms with Crippen molar-refractivity contribution in [2.45, 2.75) is 38.2 Å². The second-order valence-corrected chi connectivity index (χ2v) is 9.24. The zero-order chi connectivity index (χ0) is 18.8. The third kappa shape index (κ3) is 4.83. The molecule has 0 N–H and O–H groups in total. The summed E-state index contributed by atoms with van der Waals surface area (Å²) >= 11 is 3.30. The summed E-state index contributed by atoms with van der Waals surface area (Å²) in [5.41, 5.74) is 0.303. The zero-order valence-electron chi connectivity index (χ0n) is 14.5. The van der Waals surface area contributed by atoms with Gasteiger partial charge in [-0.25, -0.2) is 13.2 Å². The fourth-order valence-corrected chi connectivity index (χ4v) is 3.63. The largest absolute Gasteiger partial charge is 0.443 e. The van der Waals surface area contributed by atoms with Crippen molar-refractivity contribution in [3.63, 3.8) is 0 Å². The summed E-state index contributed by atoms with van der Waals surface area (Å²) in [6, 6.07) is 12.7. The number of carbonyl (C=O) groups excluding carboxylic acids is 1. The first kappa shape index (κ1) is 19.5. The molecule has 2 rings (SSSR count). The minimum atomic E-state index is -4.11. The van der Waals surface area contributed by atoms with Crippen LogP contribution in [0.15, 0.2) is 57.9 Å². The molecule has 0 unspecified atom stereocenters. The lowest BCUT2D eigenvalue weighted by Crippen LogP contribution is -2.41. The van der Waals surface area contributed by atoms with Gasteiger partial charge in [-0.2, -0.15) is 4.31 Å². The fourth-order valence-electron chi connectivity index (χ4n) is 2.04. The predicted molar refractivity (Wildman–Crippen MR) is 101 cm³/mol. The van der Waals surface area contributed by atoms with Gasteiger partial charge < -0.3 is 4.74 Å². The van der Waals surface area contributed by atoms with Crippen LogP contribution in [0.4, 0.5) is 10.5 Å². The summed E-state index contributed by atoms with van der Waals surface area (Å²) in [5.74, 6) is 0. The second-order valence-electron chi connectivity index (χ2n) is 6.54. The van der Waals surface area contributed by atoms with Crippen molar-refractivity contribution >= 4 is 37.7 Å². The Balaban J connectivity index is 2.55. The van der Waals surface area contributed by atoms with Crippen molar-refractivity contribution in [1.82, 2.24) is 0 Å². The lowest BCUT2D eigenvalue weighted by Gasteiger charge is -2.27. The number of rotatable bonds is 3. The first-order chi connectivity index (χ1) is 11.5. The average Bonchev–Trinajstić information content (AvgIpc) is 2.48. The highest BCUT2D eigenvalue weighted by molar-refractivity contribution is 9.10. The highest BCUT2D eigenvalue weighted by Gasteiger charge is 2.34. The van der Waals surface area contributed by atoms with Crippen molar-refractivity contribution in [2.24, 2.45) is 0 Å². The topological polar surface area (TPSA) is 63.7 Å². The molecule has 0 fully saturated rings. The molecule has 2 aromatic rings. The molecule has 0 aliphatic carbocycles. The molecule has 0 heterocycles. The molecule has 25 heavy (non-hydrogen) atoms. The number of ether oxygens (including phenoxy) is 1. The Morgan fingerprint density at radius 3 is 2.00 bits per heavy atom. The number of anilines is 1. The van der Waals surface area contributed by atoms with Crippen LogP contribution in [0.3, 0.4) is 0 Å². The Labute approximate surface area is 156 Å². The van der Waals surface area contributed by atoms with Gasteiger partial charge in [-0.3, -0.25) is 0 Å². The van der Waals surface area contributed by atoms with E-state index in [2.05, 4.69) is 15.9 Å². The van der Waals surface area contributed by atoms with Crippen LogP contribution in [0.25, 0.3) is 0 Å². The van der Waals surface area contributed by atoms with E-state index in [9.17, 15) is 13.2 Å². The van der Waals surface area contributed by atoms with Gasteiger partial charge >= 0.3 is 6.09 Å². The molecule has 0 spiro atoms. The highest BCUT2D eigenvalue weighted by Crippen LogP contribution is 2.27. The molecule has 0 radical (unpaired) electrons. The lowest BCUT2D eigenvalue weighted by atomic mass is 10.2. The van der Waals surface area contributed by atoms with Crippen molar-refractivity contribution in [1.29, 1.82) is 0 Å². The fraction of sp³-hybridized carbons (Fsp3) is 0.278. The van der Waals surface area contributed by atoms with E-state index in [1.807, 2.05) is 6.92 Å². The van der Waals surface area contributed by atoms with E-state index in [0.29, 0.717) is 4.31 Å². The molecule has 2 aromatic carbocycles. The number of aryl methyl sites for hydroxylation is 1. The molecule has 0 bridgehead atoms. The van der Waals surface area contributed by atoms with Crippen molar-refractivity contribution in [3.05, 3.63) is 58.6 Å². The number of amides is 1. The van der Waals surface area contributed by atoms with Crippen LogP contribution in [0, 0.1) is 6.92 Å². The molecule has 5 nitrogen and oxygen atoms in total. The Morgan fingerprint density at radius 1 is 1.00 bits per heavy atom. The molecule has 0 saturated carbocycles. The van der Waals surface area contributed by atoms with E-state index < -0.39 is 21.7 Å². The van der Waals surface area contributed by atoms with Crippen LogP contribution in [-0.4, -0.2) is 20.1 Å². The first-order valence-electron chi connectivity index (χ1n) is 7.61. The van der Waals surface area contributed by atoms with Crippen LogP contribution in [0.5, 0.6) is 0 Å². The molecule has 1 amide bonds. The number of carbonyl (C=O) groups is 1. The third-order valence-corrected chi connectivity index (χ3v) is 5.42. The van der Waals surface area contributed by atoms with Gasteiger partial charge in [-0.05, 0) is 64.1 Å². The van der Waals surface area contributed by atoms with Gasteiger partial charge in [-0.15, -0.1) is 0 Å². The van der Waals surface area contributed by atoms with Crippen LogP contribution < -0.4 is 4.31 Å². The van der Waals surface area contributed by atoms with Crippen molar-refractivity contribution in [2.75, 3.05) is 4.31 Å². The van der Waals surface area contributed by atoms with Crippen LogP contribution in [0.1, 0.15) is 26.3 Å². The minimum Gasteiger partial charge on any atom is -0.443 e. The highest BCUT2D eigenvalue weighted by atomic mass is 79.9. The molecule has 134 valence electrons. The molecule has 0 saturated heterocycles. The average molecular weight is 426 g/mol. The minimum absolute atomic E-state index is 0.0203. The molecule has 0 aromatic heterocycles. The maximum Gasteiger partial charge on any atom is 0.429 e. The van der Waals surface area contributed by atoms with E-state index in [4.69, 9.17) is 4.74 Å². The Hall–Kier alpha value is -1.86. The van der Waals surface area contributed by atoms with Crippen molar-refractivity contribution < 1.29 is 17.9 Å². The maximum atomic E-state index is 13.1. The number of nitrogens with zero attached hydrogens (tertiary/aromatic N) is 1. The van der Waals surface area contributed by atoms with E-state index in [-0.39, 0.29) is 10.6 Å². The number of halogens is 1. The molecule has 0 aliphatic rings. The van der Waals surface area contributed by atoms with Crippen LogP contribution in [0.2, 0.25) is 0 Å². The van der Waals surface area contributed by atoms with Gasteiger partial charge in [0.05, 0.1) is 10.6 Å². The number of hydrogen-bond donors (Lipinski definition) is 0. The summed E-state index contributed by atoms with van der Waals surface area (Å²) < 4.78 is 32.9. The second kappa shape index (κ2) is 7.17. The van der Waals surface area contributed by atoms with Gasteiger partial charge in [0.25, 0.3) is 10.0 Å². The van der Waals surface area contributed by atoms with Gasteiger partial charge in [-0.1, -0.05) is 33.6 Å². The number of sulfonamides is 1. The molecular formula is C18H20BrNO4S. The van der Waals surface area contributed by atoms with Gasteiger partial charge in [0.1, 0.15) is 5.60 Å². The normalized spacial score (nSPS) is 11.9. The predicted octanol–water partition coefficient (Wildman–Crippen LogP) is 4.89. The zero-order valence-corrected chi connectivity index (χ0v) is 16.9. The summed E-state index contributed by atoms with van der Waals surface area (Å²) in [5, 5.41) is 0.